The Morgan fingerprint density at radius 3 is 2.47 bits per heavy atom. The zero-order chi connectivity index (χ0) is 21.4. The molecule has 156 valence electrons. The first-order chi connectivity index (χ1) is 14.4. The van der Waals surface area contributed by atoms with Gasteiger partial charge in [0, 0.05) is 29.8 Å². The molecule has 1 fully saturated rings. The molecule has 4 nitrogen and oxygen atoms in total. The number of para-hydroxylation sites is 1. The number of nitrogens with one attached hydrogen (secondary N) is 1. The molecule has 0 saturated carbocycles. The van der Waals surface area contributed by atoms with Gasteiger partial charge in [0.15, 0.2) is 5.11 Å². The third kappa shape index (κ3) is 3.63. The first kappa shape index (κ1) is 20.6. The Labute approximate surface area is 184 Å². The molecule has 1 saturated heterocycles. The van der Waals surface area contributed by atoms with Crippen molar-refractivity contribution in [2.75, 3.05) is 6.54 Å². The number of thiocarbonyl (C=S) groups is 1. The van der Waals surface area contributed by atoms with Crippen molar-refractivity contribution >= 4 is 17.3 Å². The van der Waals surface area contributed by atoms with Gasteiger partial charge in [-0.2, -0.15) is 0 Å². The number of nitrogens with zero attached hydrogens (tertiary/aromatic N) is 3. The minimum absolute atomic E-state index is 0.0308. The predicted molar refractivity (Wildman–Crippen MR) is 127 cm³/mol. The van der Waals surface area contributed by atoms with Crippen LogP contribution in [0.3, 0.4) is 0 Å². The summed E-state index contributed by atoms with van der Waals surface area (Å²) >= 11 is 5.79. The predicted octanol–water partition coefficient (Wildman–Crippen LogP) is 5.43. The summed E-state index contributed by atoms with van der Waals surface area (Å²) in [7, 11) is 0. The average molecular weight is 419 g/mol. The van der Waals surface area contributed by atoms with Crippen LogP contribution in [0, 0.1) is 26.7 Å². The van der Waals surface area contributed by atoms with E-state index in [1.807, 2.05) is 18.3 Å². The Bertz CT molecular complexity index is 1050. The molecule has 0 unspecified atom stereocenters. The van der Waals surface area contributed by atoms with Crippen LogP contribution in [0.25, 0.3) is 5.69 Å². The molecule has 0 bridgehead atoms. The average Bonchev–Trinajstić information content (AvgIpc) is 3.18. The maximum atomic E-state index is 5.79. The van der Waals surface area contributed by atoms with Crippen LogP contribution < -0.4 is 5.32 Å². The number of hydrogen-bond acceptors (Lipinski definition) is 2. The van der Waals surface area contributed by atoms with Crippen molar-refractivity contribution in [1.82, 2.24) is 19.8 Å². The second kappa shape index (κ2) is 8.23. The number of rotatable bonds is 5. The van der Waals surface area contributed by atoms with Crippen LogP contribution in [-0.2, 0) is 0 Å². The lowest BCUT2D eigenvalue weighted by Crippen LogP contribution is -2.33. The molecule has 1 aromatic carbocycles. The summed E-state index contributed by atoms with van der Waals surface area (Å²) in [4.78, 5) is 7.01. The van der Waals surface area contributed by atoms with Gasteiger partial charge in [0.25, 0.3) is 0 Å². The molecule has 5 heteroatoms. The van der Waals surface area contributed by atoms with Gasteiger partial charge in [0.1, 0.15) is 0 Å². The fourth-order valence-electron chi connectivity index (χ4n) is 4.61. The zero-order valence-corrected chi connectivity index (χ0v) is 19.2. The molecule has 3 heterocycles. The quantitative estimate of drug-likeness (QED) is 0.561. The Morgan fingerprint density at radius 2 is 1.80 bits per heavy atom. The molecule has 4 rings (SSSR count). The van der Waals surface area contributed by atoms with E-state index < -0.39 is 0 Å². The normalized spacial score (nSPS) is 18.9. The van der Waals surface area contributed by atoms with Crippen LogP contribution >= 0.6 is 12.2 Å². The first-order valence-corrected chi connectivity index (χ1v) is 11.0. The van der Waals surface area contributed by atoms with Crippen LogP contribution in [0.15, 0.2) is 54.7 Å². The van der Waals surface area contributed by atoms with E-state index in [-0.39, 0.29) is 12.1 Å². The third-order valence-corrected chi connectivity index (χ3v) is 6.26. The Morgan fingerprint density at radius 1 is 1.07 bits per heavy atom. The van der Waals surface area contributed by atoms with Gasteiger partial charge < -0.3 is 14.8 Å². The summed E-state index contributed by atoms with van der Waals surface area (Å²) < 4.78 is 2.37. The van der Waals surface area contributed by atoms with Crippen molar-refractivity contribution in [1.29, 1.82) is 0 Å². The lowest BCUT2D eigenvalue weighted by molar-refractivity contribution is 0.287. The molecule has 0 amide bonds. The smallest absolute Gasteiger partial charge is 0.170 e. The van der Waals surface area contributed by atoms with Crippen molar-refractivity contribution in [3.05, 3.63) is 82.9 Å². The van der Waals surface area contributed by atoms with Crippen molar-refractivity contribution < 1.29 is 0 Å². The molecule has 1 aliphatic heterocycles. The standard InChI is InChI=1S/C25H30N4S/c1-16(2)15-28-24(23(27-25(28)30)21-11-8-9-13-26-21)20-14-18(4)29(19(20)5)22-12-7-6-10-17(22)3/h6-14,16,23-24H,15H2,1-5H3,(H,27,30)/t23-,24+/m0/s1. The Hall–Kier alpha value is -2.66. The Kier molecular flexibility index (Phi) is 5.65. The molecule has 0 aliphatic carbocycles. The molecular formula is C25H30N4S. The molecule has 1 N–H and O–H groups in total. The number of hydrogen-bond donors (Lipinski definition) is 1. The monoisotopic (exact) mass is 418 g/mol. The minimum Gasteiger partial charge on any atom is -0.352 e. The van der Waals surface area contributed by atoms with E-state index in [1.165, 1.54) is 28.2 Å². The fraction of sp³-hybridized carbons (Fsp3) is 0.360. The molecule has 0 radical (unpaired) electrons. The molecule has 30 heavy (non-hydrogen) atoms. The van der Waals surface area contributed by atoms with Crippen LogP contribution in [0.1, 0.15) is 54.1 Å². The largest absolute Gasteiger partial charge is 0.352 e. The number of benzene rings is 1. The molecule has 2 atom stereocenters. The third-order valence-electron chi connectivity index (χ3n) is 5.90. The van der Waals surface area contributed by atoms with E-state index >= 15 is 0 Å². The highest BCUT2D eigenvalue weighted by Gasteiger charge is 2.41. The maximum absolute atomic E-state index is 5.79. The summed E-state index contributed by atoms with van der Waals surface area (Å²) in [6, 6.07) is 17.1. The van der Waals surface area contributed by atoms with Crippen molar-refractivity contribution in [3.8, 4) is 5.69 Å². The number of pyridine rings is 1. The van der Waals surface area contributed by atoms with Gasteiger partial charge in [-0.05, 0) is 74.3 Å². The van der Waals surface area contributed by atoms with Crippen molar-refractivity contribution in [2.45, 2.75) is 46.7 Å². The summed E-state index contributed by atoms with van der Waals surface area (Å²) in [6.45, 7) is 12.0. The molecule has 0 spiro atoms. The van der Waals surface area contributed by atoms with Crippen molar-refractivity contribution in [3.63, 3.8) is 0 Å². The fourth-order valence-corrected chi connectivity index (χ4v) is 4.92. The zero-order valence-electron chi connectivity index (χ0n) is 18.4. The highest BCUT2D eigenvalue weighted by molar-refractivity contribution is 7.80. The number of aromatic nitrogens is 2. The highest BCUT2D eigenvalue weighted by atomic mass is 32.1. The van der Waals surface area contributed by atoms with E-state index in [0.717, 1.165) is 17.4 Å². The molecule has 1 aliphatic rings. The summed E-state index contributed by atoms with van der Waals surface area (Å²) in [5.41, 5.74) is 7.33. The van der Waals surface area contributed by atoms with Crippen LogP contribution in [-0.4, -0.2) is 26.1 Å². The van der Waals surface area contributed by atoms with Crippen LogP contribution in [0.2, 0.25) is 0 Å². The second-order valence-corrected chi connectivity index (χ2v) is 9.01. The highest BCUT2D eigenvalue weighted by Crippen LogP contribution is 2.41. The maximum Gasteiger partial charge on any atom is 0.170 e. The van der Waals surface area contributed by atoms with E-state index in [4.69, 9.17) is 12.2 Å². The van der Waals surface area contributed by atoms with Gasteiger partial charge in [-0.3, -0.25) is 4.98 Å². The molecule has 3 aromatic rings. The molecular weight excluding hydrogens is 388 g/mol. The Balaban J connectivity index is 1.85. The first-order valence-electron chi connectivity index (χ1n) is 10.6. The van der Waals surface area contributed by atoms with Gasteiger partial charge in [0.05, 0.1) is 17.8 Å². The van der Waals surface area contributed by atoms with Gasteiger partial charge in [-0.25, -0.2) is 0 Å². The van der Waals surface area contributed by atoms with Gasteiger partial charge >= 0.3 is 0 Å². The van der Waals surface area contributed by atoms with Crippen LogP contribution in [0.4, 0.5) is 0 Å². The topological polar surface area (TPSA) is 33.1 Å². The van der Waals surface area contributed by atoms with E-state index in [0.29, 0.717) is 5.92 Å². The summed E-state index contributed by atoms with van der Waals surface area (Å²) in [6.07, 6.45) is 1.86. The lowest BCUT2D eigenvalue weighted by atomic mass is 9.96. The molecule has 2 aromatic heterocycles. The van der Waals surface area contributed by atoms with E-state index in [2.05, 4.69) is 90.8 Å². The lowest BCUT2D eigenvalue weighted by Gasteiger charge is -2.29. The number of aryl methyl sites for hydroxylation is 2. The van der Waals surface area contributed by atoms with Crippen molar-refractivity contribution in [2.24, 2.45) is 5.92 Å². The van der Waals surface area contributed by atoms with Gasteiger partial charge in [-0.1, -0.05) is 38.1 Å². The van der Waals surface area contributed by atoms with E-state index in [1.54, 1.807) is 0 Å². The van der Waals surface area contributed by atoms with Crippen LogP contribution in [0.5, 0.6) is 0 Å². The summed E-state index contributed by atoms with van der Waals surface area (Å²) in [5, 5.41) is 4.38. The summed E-state index contributed by atoms with van der Waals surface area (Å²) in [5.74, 6) is 0.509. The SMILES string of the molecule is Cc1ccccc1-n1c(C)cc([C@@H]2[C@H](c3ccccn3)NC(=S)N2CC(C)C)c1C. The van der Waals surface area contributed by atoms with Gasteiger partial charge in [0.2, 0.25) is 0 Å². The second-order valence-electron chi connectivity index (χ2n) is 8.62. The van der Waals surface area contributed by atoms with Gasteiger partial charge in [-0.15, -0.1) is 0 Å². The van der Waals surface area contributed by atoms with E-state index in [9.17, 15) is 0 Å². The minimum atomic E-state index is 0.0308.